The van der Waals surface area contributed by atoms with Gasteiger partial charge in [0.25, 0.3) is 5.91 Å². The van der Waals surface area contributed by atoms with E-state index in [0.717, 1.165) is 25.1 Å². The van der Waals surface area contributed by atoms with E-state index in [-0.39, 0.29) is 18.1 Å². The first-order valence-corrected chi connectivity index (χ1v) is 8.59. The summed E-state index contributed by atoms with van der Waals surface area (Å²) in [6, 6.07) is 3.44. The van der Waals surface area contributed by atoms with Crippen LogP contribution in [0.15, 0.2) is 24.5 Å². The third kappa shape index (κ3) is 3.34. The zero-order valence-electron chi connectivity index (χ0n) is 14.2. The van der Waals surface area contributed by atoms with Crippen LogP contribution in [0.25, 0.3) is 0 Å². The first kappa shape index (κ1) is 16.0. The number of hydrogen-bond acceptors (Lipinski definition) is 6. The molecular formula is C17H22N6O2. The van der Waals surface area contributed by atoms with Crippen molar-refractivity contribution in [2.75, 3.05) is 19.4 Å². The Bertz CT molecular complexity index is 772. The van der Waals surface area contributed by atoms with Crippen molar-refractivity contribution in [3.8, 4) is 0 Å². The van der Waals surface area contributed by atoms with Crippen LogP contribution < -0.4 is 5.73 Å². The second-order valence-electron chi connectivity index (χ2n) is 6.74. The van der Waals surface area contributed by atoms with E-state index in [9.17, 15) is 4.79 Å². The number of nitrogens with two attached hydrogens (primary N) is 1. The van der Waals surface area contributed by atoms with Crippen molar-refractivity contribution in [1.82, 2.24) is 24.6 Å². The molecule has 0 unspecified atom stereocenters. The predicted octanol–water partition coefficient (Wildman–Crippen LogP) is 1.06. The minimum Gasteiger partial charge on any atom is -0.382 e. The van der Waals surface area contributed by atoms with E-state index < -0.39 is 0 Å². The molecule has 2 aromatic heterocycles. The van der Waals surface area contributed by atoms with Crippen molar-refractivity contribution in [3.63, 3.8) is 0 Å². The fraction of sp³-hybridized carbons (Fsp3) is 0.529. The molecule has 1 amide bonds. The molecule has 0 aromatic carbocycles. The molecule has 0 radical (unpaired) electrons. The molecule has 1 aliphatic carbocycles. The Labute approximate surface area is 146 Å². The Balaban J connectivity index is 1.54. The highest BCUT2D eigenvalue weighted by Gasteiger charge is 2.37. The summed E-state index contributed by atoms with van der Waals surface area (Å²) in [5.74, 6) is 1.60. The number of aromatic nitrogens is 4. The summed E-state index contributed by atoms with van der Waals surface area (Å²) in [4.78, 5) is 23.7. The van der Waals surface area contributed by atoms with Crippen molar-refractivity contribution in [1.29, 1.82) is 0 Å². The molecule has 1 saturated carbocycles. The topological polar surface area (TPSA) is 99.2 Å². The Morgan fingerprint density at radius 1 is 1.40 bits per heavy atom. The number of anilines is 1. The predicted molar refractivity (Wildman–Crippen MR) is 90.9 cm³/mol. The number of likely N-dealkylation sites (tertiary alicyclic amines) is 1. The molecule has 4 rings (SSSR count). The minimum atomic E-state index is -0.0750. The normalized spacial score (nSPS) is 23.2. The number of methoxy groups -OCH3 is 1. The highest BCUT2D eigenvalue weighted by atomic mass is 16.5. The van der Waals surface area contributed by atoms with Gasteiger partial charge in [-0.2, -0.15) is 5.10 Å². The minimum absolute atomic E-state index is 0.00362. The first-order chi connectivity index (χ1) is 12.1. The molecule has 1 saturated heterocycles. The van der Waals surface area contributed by atoms with E-state index in [1.807, 2.05) is 11.1 Å². The van der Waals surface area contributed by atoms with E-state index in [1.165, 1.54) is 0 Å². The number of rotatable bonds is 5. The molecule has 2 fully saturated rings. The lowest BCUT2D eigenvalue weighted by Crippen LogP contribution is -2.39. The monoisotopic (exact) mass is 342 g/mol. The van der Waals surface area contributed by atoms with Gasteiger partial charge in [0.1, 0.15) is 17.3 Å². The molecule has 1 aliphatic heterocycles. The van der Waals surface area contributed by atoms with Crippen molar-refractivity contribution in [3.05, 3.63) is 36.0 Å². The average Bonchev–Trinajstić information content (AvgIpc) is 3.29. The zero-order chi connectivity index (χ0) is 17.4. The van der Waals surface area contributed by atoms with Gasteiger partial charge in [-0.05, 0) is 31.4 Å². The smallest absolute Gasteiger partial charge is 0.272 e. The molecule has 8 nitrogen and oxygen atoms in total. The van der Waals surface area contributed by atoms with E-state index >= 15 is 0 Å². The van der Waals surface area contributed by atoms with E-state index in [0.29, 0.717) is 30.5 Å². The largest absolute Gasteiger partial charge is 0.382 e. The van der Waals surface area contributed by atoms with E-state index in [2.05, 4.69) is 15.1 Å². The number of ether oxygens (including phenoxy) is 1. The molecule has 8 heteroatoms. The third-order valence-electron chi connectivity index (χ3n) is 4.87. The number of hydrogen-bond donors (Lipinski definition) is 1. The van der Waals surface area contributed by atoms with Gasteiger partial charge in [0.05, 0.1) is 18.7 Å². The highest BCUT2D eigenvalue weighted by Crippen LogP contribution is 2.37. The Kier molecular flexibility index (Phi) is 4.12. The molecule has 0 spiro atoms. The quantitative estimate of drug-likeness (QED) is 0.872. The van der Waals surface area contributed by atoms with Gasteiger partial charge in [0.15, 0.2) is 0 Å². The van der Waals surface area contributed by atoms with Crippen LogP contribution in [0.4, 0.5) is 5.82 Å². The van der Waals surface area contributed by atoms with Crippen LogP contribution in [0.1, 0.15) is 41.5 Å². The second kappa shape index (κ2) is 6.44. The molecule has 0 bridgehead atoms. The molecule has 2 N–H and O–H groups in total. The number of nitrogen functional groups attached to an aromatic ring is 1. The van der Waals surface area contributed by atoms with Crippen molar-refractivity contribution in [2.24, 2.45) is 0 Å². The maximum atomic E-state index is 13.0. The van der Waals surface area contributed by atoms with Gasteiger partial charge in [-0.15, -0.1) is 0 Å². The van der Waals surface area contributed by atoms with Gasteiger partial charge < -0.3 is 15.4 Å². The van der Waals surface area contributed by atoms with Crippen LogP contribution in [0.5, 0.6) is 0 Å². The van der Waals surface area contributed by atoms with Gasteiger partial charge in [-0.25, -0.2) is 9.97 Å². The highest BCUT2D eigenvalue weighted by molar-refractivity contribution is 5.92. The molecule has 3 heterocycles. The third-order valence-corrected chi connectivity index (χ3v) is 4.87. The van der Waals surface area contributed by atoms with Crippen molar-refractivity contribution >= 4 is 11.7 Å². The van der Waals surface area contributed by atoms with E-state index in [4.69, 9.17) is 10.5 Å². The molecule has 2 aromatic rings. The lowest BCUT2D eigenvalue weighted by atomic mass is 10.2. The SMILES string of the molecule is CO[C@H]1C[C@@H](Cn2ccc(N)n2)N(C(=O)c2ccnc(C3CC3)n2)C1. The number of nitrogens with zero attached hydrogens (tertiary/aromatic N) is 5. The summed E-state index contributed by atoms with van der Waals surface area (Å²) < 4.78 is 7.26. The standard InChI is InChI=1S/C17H22N6O2/c1-25-13-8-12(9-22-7-5-15(18)21-22)23(10-13)17(24)14-4-6-19-16(20-14)11-2-3-11/h4-7,11-13H,2-3,8-10H2,1H3,(H2,18,21)/t12-,13-/m0/s1. The Morgan fingerprint density at radius 2 is 2.24 bits per heavy atom. The van der Waals surface area contributed by atoms with Gasteiger partial charge in [-0.3, -0.25) is 9.48 Å². The average molecular weight is 342 g/mol. The van der Waals surface area contributed by atoms with Crippen molar-refractivity contribution < 1.29 is 9.53 Å². The lowest BCUT2D eigenvalue weighted by Gasteiger charge is -2.24. The lowest BCUT2D eigenvalue weighted by molar-refractivity contribution is 0.0672. The summed E-state index contributed by atoms with van der Waals surface area (Å²) in [6.07, 6.45) is 6.51. The summed E-state index contributed by atoms with van der Waals surface area (Å²) >= 11 is 0. The summed E-state index contributed by atoms with van der Waals surface area (Å²) in [7, 11) is 1.68. The van der Waals surface area contributed by atoms with Crippen molar-refractivity contribution in [2.45, 2.75) is 43.9 Å². The van der Waals surface area contributed by atoms with Crippen LogP contribution in [0, 0.1) is 0 Å². The van der Waals surface area contributed by atoms with Gasteiger partial charge in [-0.1, -0.05) is 0 Å². The van der Waals surface area contributed by atoms with Crippen LogP contribution >= 0.6 is 0 Å². The van der Waals surface area contributed by atoms with Gasteiger partial charge in [0.2, 0.25) is 0 Å². The maximum Gasteiger partial charge on any atom is 0.272 e. The van der Waals surface area contributed by atoms with Crippen LogP contribution in [-0.2, 0) is 11.3 Å². The Hall–Kier alpha value is -2.48. The molecule has 132 valence electrons. The Morgan fingerprint density at radius 3 is 2.92 bits per heavy atom. The van der Waals surface area contributed by atoms with Crippen LogP contribution in [-0.4, -0.2) is 56.4 Å². The van der Waals surface area contributed by atoms with Gasteiger partial charge >= 0.3 is 0 Å². The molecular weight excluding hydrogens is 320 g/mol. The van der Waals surface area contributed by atoms with Crippen LogP contribution in [0.3, 0.4) is 0 Å². The van der Waals surface area contributed by atoms with Crippen LogP contribution in [0.2, 0.25) is 0 Å². The number of amides is 1. The van der Waals surface area contributed by atoms with Gasteiger partial charge in [0, 0.05) is 32.0 Å². The number of carbonyl (C=O) groups is 1. The molecule has 25 heavy (non-hydrogen) atoms. The second-order valence-corrected chi connectivity index (χ2v) is 6.74. The molecule has 2 aliphatic rings. The molecule has 2 atom stereocenters. The summed E-state index contributed by atoms with van der Waals surface area (Å²) in [5.41, 5.74) is 6.15. The summed E-state index contributed by atoms with van der Waals surface area (Å²) in [6.45, 7) is 1.14. The maximum absolute atomic E-state index is 13.0. The fourth-order valence-corrected chi connectivity index (χ4v) is 3.34. The van der Waals surface area contributed by atoms with E-state index in [1.54, 1.807) is 30.1 Å². The fourth-order valence-electron chi connectivity index (χ4n) is 3.34. The zero-order valence-corrected chi connectivity index (χ0v) is 14.2. The summed E-state index contributed by atoms with van der Waals surface area (Å²) in [5, 5.41) is 4.23. The number of carbonyl (C=O) groups excluding carboxylic acids is 1. The first-order valence-electron chi connectivity index (χ1n) is 8.59.